The zero-order chi connectivity index (χ0) is 19.4. The Morgan fingerprint density at radius 2 is 2.00 bits per heavy atom. The SMILES string of the molecule is CN(C)CC(=O)Nc1cccc(CNC(=O)c2cc(Cl)c3c(c2)OCO3)c1. The second kappa shape index (κ2) is 8.28. The number of hydrogen-bond acceptors (Lipinski definition) is 5. The summed E-state index contributed by atoms with van der Waals surface area (Å²) >= 11 is 6.11. The first-order chi connectivity index (χ1) is 12.9. The van der Waals surface area contributed by atoms with Crippen LogP contribution in [0.15, 0.2) is 36.4 Å². The summed E-state index contributed by atoms with van der Waals surface area (Å²) in [6.45, 7) is 0.695. The summed E-state index contributed by atoms with van der Waals surface area (Å²) in [5, 5.41) is 5.99. The van der Waals surface area contributed by atoms with Crippen molar-refractivity contribution >= 4 is 29.1 Å². The molecule has 2 N–H and O–H groups in total. The quantitative estimate of drug-likeness (QED) is 0.793. The molecule has 2 aromatic carbocycles. The van der Waals surface area contributed by atoms with Gasteiger partial charge in [0.25, 0.3) is 5.91 Å². The molecule has 0 saturated carbocycles. The Bertz CT molecular complexity index is 870. The lowest BCUT2D eigenvalue weighted by Gasteiger charge is -2.11. The van der Waals surface area contributed by atoms with Crippen LogP contribution in [0.2, 0.25) is 5.02 Å². The molecule has 8 heteroatoms. The highest BCUT2D eigenvalue weighted by Crippen LogP contribution is 2.39. The maximum Gasteiger partial charge on any atom is 0.251 e. The van der Waals surface area contributed by atoms with Crippen LogP contribution in [0.4, 0.5) is 5.69 Å². The van der Waals surface area contributed by atoms with E-state index >= 15 is 0 Å². The third-order valence-electron chi connectivity index (χ3n) is 3.81. The summed E-state index contributed by atoms with van der Waals surface area (Å²) in [6, 6.07) is 10.5. The number of anilines is 1. The van der Waals surface area contributed by atoms with Gasteiger partial charge in [0, 0.05) is 17.8 Å². The standard InChI is InChI=1S/C19H20ClN3O4/c1-23(2)10-17(24)22-14-5-3-4-12(6-14)9-21-19(25)13-7-15(20)18-16(8-13)26-11-27-18/h3-8H,9-11H2,1-2H3,(H,21,25)(H,22,24). The number of rotatable bonds is 6. The third kappa shape index (κ3) is 4.90. The number of carbonyl (C=O) groups excluding carboxylic acids is 2. The molecule has 142 valence electrons. The summed E-state index contributed by atoms with van der Waals surface area (Å²) in [4.78, 5) is 26.1. The van der Waals surface area contributed by atoms with Gasteiger partial charge in [-0.1, -0.05) is 23.7 Å². The van der Waals surface area contributed by atoms with E-state index in [0.29, 0.717) is 40.9 Å². The van der Waals surface area contributed by atoms with E-state index in [0.717, 1.165) is 5.56 Å². The van der Waals surface area contributed by atoms with Crippen molar-refractivity contribution < 1.29 is 19.1 Å². The van der Waals surface area contributed by atoms with Gasteiger partial charge in [-0.2, -0.15) is 0 Å². The molecule has 0 aromatic heterocycles. The number of halogens is 1. The topological polar surface area (TPSA) is 79.9 Å². The minimum absolute atomic E-state index is 0.0897. The van der Waals surface area contributed by atoms with Gasteiger partial charge in [0.15, 0.2) is 11.5 Å². The van der Waals surface area contributed by atoms with Gasteiger partial charge in [-0.3, -0.25) is 9.59 Å². The Kier molecular flexibility index (Phi) is 5.83. The number of hydrogen-bond donors (Lipinski definition) is 2. The molecule has 0 unspecified atom stereocenters. The average Bonchev–Trinajstić information content (AvgIpc) is 3.08. The molecule has 27 heavy (non-hydrogen) atoms. The monoisotopic (exact) mass is 389 g/mol. The maximum absolute atomic E-state index is 12.4. The van der Waals surface area contributed by atoms with Crippen molar-refractivity contribution in [2.75, 3.05) is 32.7 Å². The highest BCUT2D eigenvalue weighted by molar-refractivity contribution is 6.32. The first-order valence-corrected chi connectivity index (χ1v) is 8.71. The lowest BCUT2D eigenvalue weighted by atomic mass is 10.1. The van der Waals surface area contributed by atoms with E-state index in [2.05, 4.69) is 10.6 Å². The molecule has 7 nitrogen and oxygen atoms in total. The van der Waals surface area contributed by atoms with Gasteiger partial charge in [-0.15, -0.1) is 0 Å². The van der Waals surface area contributed by atoms with Crippen molar-refractivity contribution in [1.82, 2.24) is 10.2 Å². The molecule has 2 amide bonds. The minimum Gasteiger partial charge on any atom is -0.454 e. The molecule has 0 saturated heterocycles. The second-order valence-corrected chi connectivity index (χ2v) is 6.77. The molecule has 0 radical (unpaired) electrons. The van der Waals surface area contributed by atoms with E-state index in [1.165, 1.54) is 0 Å². The maximum atomic E-state index is 12.4. The van der Waals surface area contributed by atoms with Gasteiger partial charge in [-0.25, -0.2) is 0 Å². The fourth-order valence-electron chi connectivity index (χ4n) is 2.63. The van der Waals surface area contributed by atoms with Gasteiger partial charge in [-0.05, 0) is 43.9 Å². The molecule has 0 spiro atoms. The van der Waals surface area contributed by atoms with Gasteiger partial charge in [0.05, 0.1) is 11.6 Å². The molecule has 0 fully saturated rings. The van der Waals surface area contributed by atoms with Gasteiger partial charge in [0.2, 0.25) is 12.7 Å². The van der Waals surface area contributed by atoms with Crippen LogP contribution in [0, 0.1) is 0 Å². The molecule has 1 heterocycles. The fraction of sp³-hybridized carbons (Fsp3) is 0.263. The van der Waals surface area contributed by atoms with E-state index in [-0.39, 0.29) is 18.6 Å². The first kappa shape index (κ1) is 19.0. The highest BCUT2D eigenvalue weighted by atomic mass is 35.5. The van der Waals surface area contributed by atoms with Crippen LogP contribution in [0.25, 0.3) is 0 Å². The average molecular weight is 390 g/mol. The number of nitrogens with one attached hydrogen (secondary N) is 2. The van der Waals surface area contributed by atoms with Crippen LogP contribution < -0.4 is 20.1 Å². The zero-order valence-electron chi connectivity index (χ0n) is 15.0. The molecule has 2 aromatic rings. The fourth-order valence-corrected chi connectivity index (χ4v) is 2.89. The summed E-state index contributed by atoms with van der Waals surface area (Å²) in [7, 11) is 3.65. The van der Waals surface area contributed by atoms with E-state index in [4.69, 9.17) is 21.1 Å². The lowest BCUT2D eigenvalue weighted by molar-refractivity contribution is -0.116. The molecule has 3 rings (SSSR count). The van der Waals surface area contributed by atoms with Crippen LogP contribution in [0.1, 0.15) is 15.9 Å². The Morgan fingerprint density at radius 1 is 1.19 bits per heavy atom. The van der Waals surface area contributed by atoms with E-state index in [1.807, 2.05) is 32.3 Å². The molecule has 1 aliphatic heterocycles. The number of fused-ring (bicyclic) bond motifs is 1. The second-order valence-electron chi connectivity index (χ2n) is 6.36. The molecular weight excluding hydrogens is 370 g/mol. The highest BCUT2D eigenvalue weighted by Gasteiger charge is 2.20. The smallest absolute Gasteiger partial charge is 0.251 e. The molecule has 1 aliphatic rings. The predicted octanol–water partition coefficient (Wildman–Crippen LogP) is 2.50. The van der Waals surface area contributed by atoms with Crippen molar-refractivity contribution in [3.05, 3.63) is 52.5 Å². The molecule has 0 bridgehead atoms. The van der Waals surface area contributed by atoms with Gasteiger partial charge < -0.3 is 25.0 Å². The number of ether oxygens (including phenoxy) is 2. The molecular formula is C19H20ClN3O4. The normalized spacial score (nSPS) is 12.1. The van der Waals surface area contributed by atoms with Gasteiger partial charge >= 0.3 is 0 Å². The predicted molar refractivity (Wildman–Crippen MR) is 102 cm³/mol. The van der Waals surface area contributed by atoms with Crippen molar-refractivity contribution in [3.8, 4) is 11.5 Å². The zero-order valence-corrected chi connectivity index (χ0v) is 15.8. The van der Waals surface area contributed by atoms with Crippen LogP contribution in [0.5, 0.6) is 11.5 Å². The first-order valence-electron chi connectivity index (χ1n) is 8.33. The van der Waals surface area contributed by atoms with Crippen LogP contribution >= 0.6 is 11.6 Å². The van der Waals surface area contributed by atoms with Crippen LogP contribution in [-0.4, -0.2) is 44.1 Å². The van der Waals surface area contributed by atoms with E-state index < -0.39 is 0 Å². The van der Waals surface area contributed by atoms with Gasteiger partial charge in [0.1, 0.15) is 0 Å². The number of amides is 2. The van der Waals surface area contributed by atoms with Crippen molar-refractivity contribution in [3.63, 3.8) is 0 Å². The lowest BCUT2D eigenvalue weighted by Crippen LogP contribution is -2.27. The van der Waals surface area contributed by atoms with E-state index in [1.54, 1.807) is 23.1 Å². The Hall–Kier alpha value is -2.77. The Morgan fingerprint density at radius 3 is 2.78 bits per heavy atom. The number of carbonyl (C=O) groups is 2. The molecule has 0 aliphatic carbocycles. The summed E-state index contributed by atoms with van der Waals surface area (Å²) in [6.07, 6.45) is 0. The van der Waals surface area contributed by atoms with E-state index in [9.17, 15) is 9.59 Å². The summed E-state index contributed by atoms with van der Waals surface area (Å²) in [5.41, 5.74) is 1.93. The van der Waals surface area contributed by atoms with Crippen LogP contribution in [-0.2, 0) is 11.3 Å². The largest absolute Gasteiger partial charge is 0.454 e. The van der Waals surface area contributed by atoms with Crippen molar-refractivity contribution in [1.29, 1.82) is 0 Å². The number of benzene rings is 2. The summed E-state index contributed by atoms with van der Waals surface area (Å²) in [5.74, 6) is 0.529. The Balaban J connectivity index is 1.62. The van der Waals surface area contributed by atoms with Crippen molar-refractivity contribution in [2.24, 2.45) is 0 Å². The third-order valence-corrected chi connectivity index (χ3v) is 4.09. The minimum atomic E-state index is -0.280. The van der Waals surface area contributed by atoms with Crippen LogP contribution in [0.3, 0.4) is 0 Å². The number of nitrogens with zero attached hydrogens (tertiary/aromatic N) is 1. The summed E-state index contributed by atoms with van der Waals surface area (Å²) < 4.78 is 10.5. The van der Waals surface area contributed by atoms with Crippen molar-refractivity contribution in [2.45, 2.75) is 6.54 Å². The molecule has 0 atom stereocenters. The number of likely N-dealkylation sites (N-methyl/N-ethyl adjacent to an activating group) is 1. The Labute approximate surface area is 162 Å².